The third-order valence-electron chi connectivity index (χ3n) is 6.34. The van der Waals surface area contributed by atoms with E-state index >= 15 is 0 Å². The van der Waals surface area contributed by atoms with Crippen LogP contribution in [0.5, 0.6) is 0 Å². The van der Waals surface area contributed by atoms with Crippen molar-refractivity contribution in [3.05, 3.63) is 76.2 Å². The predicted octanol–water partition coefficient (Wildman–Crippen LogP) is 3.14. The van der Waals surface area contributed by atoms with Crippen molar-refractivity contribution in [1.29, 1.82) is 0 Å². The van der Waals surface area contributed by atoms with E-state index in [2.05, 4.69) is 4.98 Å². The second-order valence-corrected chi connectivity index (χ2v) is 9.37. The minimum absolute atomic E-state index is 0.0349. The molecule has 0 bridgehead atoms. The van der Waals surface area contributed by atoms with Crippen molar-refractivity contribution >= 4 is 22.9 Å². The van der Waals surface area contributed by atoms with Gasteiger partial charge >= 0.3 is 5.97 Å². The second-order valence-electron chi connectivity index (χ2n) is 9.37. The van der Waals surface area contributed by atoms with E-state index in [1.807, 2.05) is 68.4 Å². The summed E-state index contributed by atoms with van der Waals surface area (Å²) in [5.41, 5.74) is 2.70. The number of carbonyl (C=O) groups excluding carboxylic acids is 2. The van der Waals surface area contributed by atoms with Crippen LogP contribution in [0.25, 0.3) is 11.0 Å². The topological polar surface area (TPSA) is 90.7 Å². The fraction of sp³-hybridized carbons (Fsp3) is 0.429. The number of hydrogen-bond donors (Lipinski definition) is 0. The number of rotatable bonds is 8. The number of morpholine rings is 1. The summed E-state index contributed by atoms with van der Waals surface area (Å²) in [6.45, 7) is 6.84. The SMILES string of the molecule is CC1CN(C(=O)C(C)OC(=O)CCc2nc3ccccc3n(CCc3ccccc3)c2=O)CC(C)O1. The van der Waals surface area contributed by atoms with E-state index in [4.69, 9.17) is 9.47 Å². The van der Waals surface area contributed by atoms with Crippen LogP contribution in [0.15, 0.2) is 59.4 Å². The Labute approximate surface area is 210 Å². The van der Waals surface area contributed by atoms with Crippen LogP contribution in [-0.2, 0) is 38.4 Å². The Bertz CT molecular complexity index is 1260. The summed E-state index contributed by atoms with van der Waals surface area (Å²) in [5, 5.41) is 0. The fourth-order valence-electron chi connectivity index (χ4n) is 4.66. The minimum atomic E-state index is -0.901. The van der Waals surface area contributed by atoms with Crippen molar-refractivity contribution in [2.24, 2.45) is 0 Å². The number of esters is 1. The van der Waals surface area contributed by atoms with Crippen molar-refractivity contribution in [2.75, 3.05) is 13.1 Å². The molecule has 1 amide bonds. The van der Waals surface area contributed by atoms with Crippen LogP contribution < -0.4 is 5.56 Å². The van der Waals surface area contributed by atoms with Gasteiger partial charge < -0.3 is 18.9 Å². The van der Waals surface area contributed by atoms with Crippen molar-refractivity contribution in [3.63, 3.8) is 0 Å². The molecule has 2 aromatic carbocycles. The van der Waals surface area contributed by atoms with Crippen molar-refractivity contribution in [2.45, 2.75) is 64.9 Å². The Morgan fingerprint density at radius 2 is 1.69 bits per heavy atom. The number of benzene rings is 2. The summed E-state index contributed by atoms with van der Waals surface area (Å²) in [6, 6.07) is 17.5. The highest BCUT2D eigenvalue weighted by Gasteiger charge is 2.30. The van der Waals surface area contributed by atoms with E-state index in [-0.39, 0.29) is 36.5 Å². The van der Waals surface area contributed by atoms with Crippen LogP contribution in [0, 0.1) is 0 Å². The molecular formula is C28H33N3O5. The van der Waals surface area contributed by atoms with Gasteiger partial charge in [0.05, 0.1) is 29.7 Å². The predicted molar refractivity (Wildman–Crippen MR) is 137 cm³/mol. The monoisotopic (exact) mass is 491 g/mol. The first-order valence-corrected chi connectivity index (χ1v) is 12.5. The van der Waals surface area contributed by atoms with Gasteiger partial charge in [0.25, 0.3) is 11.5 Å². The maximum absolute atomic E-state index is 13.3. The van der Waals surface area contributed by atoms with E-state index < -0.39 is 12.1 Å². The Morgan fingerprint density at radius 1 is 1.03 bits per heavy atom. The molecule has 0 radical (unpaired) electrons. The molecule has 3 aromatic rings. The zero-order valence-corrected chi connectivity index (χ0v) is 21.1. The van der Waals surface area contributed by atoms with Gasteiger partial charge in [-0.1, -0.05) is 42.5 Å². The largest absolute Gasteiger partial charge is 0.453 e. The molecule has 0 spiro atoms. The van der Waals surface area contributed by atoms with Crippen molar-refractivity contribution < 1.29 is 19.1 Å². The number of carbonyl (C=O) groups is 2. The van der Waals surface area contributed by atoms with Crippen LogP contribution in [0.3, 0.4) is 0 Å². The highest BCUT2D eigenvalue weighted by molar-refractivity contribution is 5.83. The number of fused-ring (bicyclic) bond motifs is 1. The van der Waals surface area contributed by atoms with Crippen molar-refractivity contribution in [1.82, 2.24) is 14.5 Å². The molecule has 4 rings (SSSR count). The third-order valence-corrected chi connectivity index (χ3v) is 6.34. The number of aryl methyl sites for hydroxylation is 3. The smallest absolute Gasteiger partial charge is 0.306 e. The first-order valence-electron chi connectivity index (χ1n) is 12.5. The molecule has 1 aromatic heterocycles. The Hall–Kier alpha value is -3.52. The van der Waals surface area contributed by atoms with Crippen LogP contribution in [0.4, 0.5) is 0 Å². The normalized spacial score (nSPS) is 18.7. The van der Waals surface area contributed by atoms with E-state index in [0.717, 1.165) is 11.1 Å². The van der Waals surface area contributed by atoms with Crippen LogP contribution in [0.1, 0.15) is 38.4 Å². The van der Waals surface area contributed by atoms with Crippen molar-refractivity contribution in [3.8, 4) is 0 Å². The summed E-state index contributed by atoms with van der Waals surface area (Å²) >= 11 is 0. The number of para-hydroxylation sites is 2. The molecule has 3 atom stereocenters. The number of ether oxygens (including phenoxy) is 2. The van der Waals surface area contributed by atoms with Crippen LogP contribution in [0.2, 0.25) is 0 Å². The highest BCUT2D eigenvalue weighted by atomic mass is 16.5. The molecule has 3 unspecified atom stereocenters. The third kappa shape index (κ3) is 6.18. The lowest BCUT2D eigenvalue weighted by molar-refractivity contribution is -0.164. The molecule has 0 saturated carbocycles. The zero-order chi connectivity index (χ0) is 25.7. The summed E-state index contributed by atoms with van der Waals surface area (Å²) in [4.78, 5) is 44.8. The molecule has 1 fully saturated rings. The van der Waals surface area contributed by atoms with Gasteiger partial charge in [0.15, 0.2) is 6.10 Å². The highest BCUT2D eigenvalue weighted by Crippen LogP contribution is 2.15. The molecule has 0 aliphatic carbocycles. The lowest BCUT2D eigenvalue weighted by Gasteiger charge is -2.36. The maximum atomic E-state index is 13.3. The average Bonchev–Trinajstić information content (AvgIpc) is 2.86. The number of nitrogens with zero attached hydrogens (tertiary/aromatic N) is 3. The zero-order valence-electron chi connectivity index (χ0n) is 21.1. The molecule has 0 N–H and O–H groups in total. The van der Waals surface area contributed by atoms with E-state index in [0.29, 0.717) is 37.3 Å². The minimum Gasteiger partial charge on any atom is -0.453 e. The van der Waals surface area contributed by atoms with Gasteiger partial charge in [-0.2, -0.15) is 0 Å². The molecule has 1 aliphatic rings. The fourth-order valence-corrected chi connectivity index (χ4v) is 4.66. The summed E-state index contributed by atoms with van der Waals surface area (Å²) in [6.07, 6.45) is -0.226. The Morgan fingerprint density at radius 3 is 2.42 bits per heavy atom. The first kappa shape index (κ1) is 25.6. The van der Waals surface area contributed by atoms with E-state index in [1.165, 1.54) is 0 Å². The van der Waals surface area contributed by atoms with Gasteiger partial charge in [0.1, 0.15) is 5.69 Å². The molecule has 8 heteroatoms. The molecular weight excluding hydrogens is 458 g/mol. The van der Waals surface area contributed by atoms with Gasteiger partial charge in [0, 0.05) is 26.1 Å². The molecule has 36 heavy (non-hydrogen) atoms. The van der Waals surface area contributed by atoms with Gasteiger partial charge in [-0.25, -0.2) is 4.98 Å². The standard InChI is InChI=1S/C28H33N3O5/c1-19-17-30(18-20(2)35-19)27(33)21(3)36-26(32)14-13-24-28(34)31(16-15-22-9-5-4-6-10-22)25-12-8-7-11-23(25)29-24/h4-12,19-21H,13-18H2,1-3H3. The Balaban J connectivity index is 1.42. The molecule has 2 heterocycles. The molecule has 8 nitrogen and oxygen atoms in total. The Kier molecular flexibility index (Phi) is 8.15. The average molecular weight is 492 g/mol. The summed E-state index contributed by atoms with van der Waals surface area (Å²) in [7, 11) is 0. The lowest BCUT2D eigenvalue weighted by Crippen LogP contribution is -2.51. The molecule has 1 aliphatic heterocycles. The van der Waals surface area contributed by atoms with E-state index in [1.54, 1.807) is 16.4 Å². The number of aromatic nitrogens is 2. The number of hydrogen-bond acceptors (Lipinski definition) is 6. The van der Waals surface area contributed by atoms with Gasteiger partial charge in [0.2, 0.25) is 0 Å². The second kappa shape index (κ2) is 11.5. The molecule has 190 valence electrons. The maximum Gasteiger partial charge on any atom is 0.306 e. The summed E-state index contributed by atoms with van der Waals surface area (Å²) in [5.74, 6) is -0.771. The first-order chi connectivity index (χ1) is 17.3. The number of amides is 1. The van der Waals surface area contributed by atoms with E-state index in [9.17, 15) is 14.4 Å². The van der Waals surface area contributed by atoms with Gasteiger partial charge in [-0.05, 0) is 44.9 Å². The van der Waals surface area contributed by atoms with Gasteiger partial charge in [-0.15, -0.1) is 0 Å². The molecule has 1 saturated heterocycles. The summed E-state index contributed by atoms with van der Waals surface area (Å²) < 4.78 is 12.8. The quantitative estimate of drug-likeness (QED) is 0.450. The van der Waals surface area contributed by atoms with Gasteiger partial charge in [-0.3, -0.25) is 14.4 Å². The lowest BCUT2D eigenvalue weighted by atomic mass is 10.1. The van der Waals surface area contributed by atoms with Crippen LogP contribution >= 0.6 is 0 Å². The van der Waals surface area contributed by atoms with Crippen LogP contribution in [-0.4, -0.2) is 57.7 Å².